The first kappa shape index (κ1) is 25.1. The van der Waals surface area contributed by atoms with Gasteiger partial charge in [-0.25, -0.2) is 8.42 Å². The Morgan fingerprint density at radius 1 is 1.10 bits per heavy atom. The Bertz CT molecular complexity index is 970. The van der Waals surface area contributed by atoms with Gasteiger partial charge in [0, 0.05) is 23.1 Å². The van der Waals surface area contributed by atoms with Gasteiger partial charge in [-0.05, 0) is 48.4 Å². The number of benzene rings is 2. The number of carbonyl (C=O) groups is 1. The van der Waals surface area contributed by atoms with E-state index in [2.05, 4.69) is 5.32 Å². The number of amides is 1. The van der Waals surface area contributed by atoms with Crippen LogP contribution in [0, 0.1) is 0 Å². The van der Waals surface area contributed by atoms with Gasteiger partial charge in [0.1, 0.15) is 6.04 Å². The number of hydrogen-bond donors (Lipinski definition) is 1. The van der Waals surface area contributed by atoms with E-state index in [1.807, 2.05) is 12.1 Å². The Labute approximate surface area is 197 Å². The standard InChI is InChI=1S/C20H23Cl3N2O3S2/c1-3-19(25(30(2,27)28)16-7-5-15(21)6-8-16)20(26)24-10-11-29-13-14-4-9-17(22)18(23)12-14/h4-9,12,19H,3,10-11,13H2,1-2H3,(H,24,26)/t19-/m0/s1. The van der Waals surface area contributed by atoms with E-state index in [4.69, 9.17) is 34.8 Å². The van der Waals surface area contributed by atoms with Crippen LogP contribution < -0.4 is 9.62 Å². The van der Waals surface area contributed by atoms with E-state index in [0.717, 1.165) is 21.9 Å². The van der Waals surface area contributed by atoms with Gasteiger partial charge in [0.05, 0.1) is 22.0 Å². The van der Waals surface area contributed by atoms with Gasteiger partial charge in [-0.3, -0.25) is 9.10 Å². The van der Waals surface area contributed by atoms with Gasteiger partial charge in [0.25, 0.3) is 0 Å². The van der Waals surface area contributed by atoms with Crippen LogP contribution in [-0.2, 0) is 20.6 Å². The minimum Gasteiger partial charge on any atom is -0.353 e. The van der Waals surface area contributed by atoms with Crippen LogP contribution in [0.2, 0.25) is 15.1 Å². The van der Waals surface area contributed by atoms with Crippen molar-refractivity contribution < 1.29 is 13.2 Å². The SMILES string of the molecule is CC[C@@H](C(=O)NCCSCc1ccc(Cl)c(Cl)c1)N(c1ccc(Cl)cc1)S(C)(=O)=O. The van der Waals surface area contributed by atoms with Crippen molar-refractivity contribution in [3.05, 3.63) is 63.1 Å². The van der Waals surface area contributed by atoms with Crippen LogP contribution in [0.1, 0.15) is 18.9 Å². The highest BCUT2D eigenvalue weighted by atomic mass is 35.5. The van der Waals surface area contributed by atoms with Crippen molar-refractivity contribution in [2.45, 2.75) is 25.1 Å². The fraction of sp³-hybridized carbons (Fsp3) is 0.350. The van der Waals surface area contributed by atoms with Crippen molar-refractivity contribution in [2.24, 2.45) is 0 Å². The van der Waals surface area contributed by atoms with E-state index in [1.54, 1.807) is 49.0 Å². The van der Waals surface area contributed by atoms with E-state index in [-0.39, 0.29) is 5.91 Å². The maximum atomic E-state index is 12.7. The molecule has 0 radical (unpaired) electrons. The molecule has 2 rings (SSSR count). The molecule has 0 aliphatic rings. The second kappa shape index (κ2) is 11.5. The van der Waals surface area contributed by atoms with Crippen LogP contribution in [0.25, 0.3) is 0 Å². The summed E-state index contributed by atoms with van der Waals surface area (Å²) in [6.45, 7) is 2.19. The third kappa shape index (κ3) is 7.24. The number of hydrogen-bond acceptors (Lipinski definition) is 4. The summed E-state index contributed by atoms with van der Waals surface area (Å²) in [5.41, 5.74) is 1.44. The quantitative estimate of drug-likeness (QED) is 0.445. The van der Waals surface area contributed by atoms with Crippen LogP contribution in [0.3, 0.4) is 0 Å². The molecule has 0 unspecified atom stereocenters. The third-order valence-corrected chi connectivity index (χ3v) is 7.41. The second-order valence-electron chi connectivity index (χ2n) is 6.55. The molecule has 0 aliphatic heterocycles. The number of sulfonamides is 1. The van der Waals surface area contributed by atoms with Crippen LogP contribution in [0.5, 0.6) is 0 Å². The minimum absolute atomic E-state index is 0.331. The zero-order valence-electron chi connectivity index (χ0n) is 16.6. The van der Waals surface area contributed by atoms with Crippen molar-refractivity contribution in [2.75, 3.05) is 22.9 Å². The summed E-state index contributed by atoms with van der Waals surface area (Å²) in [5.74, 6) is 1.06. The van der Waals surface area contributed by atoms with Crippen molar-refractivity contribution in [1.82, 2.24) is 5.32 Å². The molecule has 2 aromatic carbocycles. The van der Waals surface area contributed by atoms with Crippen LogP contribution >= 0.6 is 46.6 Å². The first-order valence-electron chi connectivity index (χ1n) is 9.17. The van der Waals surface area contributed by atoms with Gasteiger partial charge in [-0.1, -0.05) is 47.8 Å². The van der Waals surface area contributed by atoms with Gasteiger partial charge in [0.15, 0.2) is 0 Å². The highest BCUT2D eigenvalue weighted by molar-refractivity contribution is 7.98. The van der Waals surface area contributed by atoms with Crippen LogP contribution in [0.4, 0.5) is 5.69 Å². The fourth-order valence-electron chi connectivity index (χ4n) is 2.83. The number of nitrogens with one attached hydrogen (secondary N) is 1. The van der Waals surface area contributed by atoms with Crippen LogP contribution in [0.15, 0.2) is 42.5 Å². The van der Waals surface area contributed by atoms with Crippen LogP contribution in [-0.4, -0.2) is 38.9 Å². The van der Waals surface area contributed by atoms with Gasteiger partial charge in [-0.15, -0.1) is 0 Å². The zero-order chi connectivity index (χ0) is 22.3. The number of carbonyl (C=O) groups excluding carboxylic acids is 1. The van der Waals surface area contributed by atoms with Gasteiger partial charge in [0.2, 0.25) is 15.9 Å². The molecule has 10 heteroatoms. The Balaban J connectivity index is 1.95. The molecule has 1 N–H and O–H groups in total. The maximum absolute atomic E-state index is 12.7. The monoisotopic (exact) mass is 508 g/mol. The van der Waals surface area contributed by atoms with Crippen molar-refractivity contribution in [3.63, 3.8) is 0 Å². The Morgan fingerprint density at radius 3 is 2.33 bits per heavy atom. The number of anilines is 1. The average Bonchev–Trinajstić information content (AvgIpc) is 2.68. The predicted molar refractivity (Wildman–Crippen MR) is 128 cm³/mol. The molecule has 30 heavy (non-hydrogen) atoms. The predicted octanol–water partition coefficient (Wildman–Crippen LogP) is 5.24. The normalized spacial score (nSPS) is 12.4. The summed E-state index contributed by atoms with van der Waals surface area (Å²) >= 11 is 19.5. The molecule has 2 aromatic rings. The van der Waals surface area contributed by atoms with Gasteiger partial charge in [-0.2, -0.15) is 11.8 Å². The highest BCUT2D eigenvalue weighted by Crippen LogP contribution is 2.25. The summed E-state index contributed by atoms with van der Waals surface area (Å²) in [7, 11) is -3.67. The summed E-state index contributed by atoms with van der Waals surface area (Å²) in [4.78, 5) is 12.7. The Morgan fingerprint density at radius 2 is 1.77 bits per heavy atom. The molecule has 0 fully saturated rings. The minimum atomic E-state index is -3.67. The molecule has 0 bridgehead atoms. The summed E-state index contributed by atoms with van der Waals surface area (Å²) in [5, 5.41) is 4.35. The largest absolute Gasteiger partial charge is 0.353 e. The number of thioether (sulfide) groups is 1. The van der Waals surface area contributed by atoms with Crippen molar-refractivity contribution in [1.29, 1.82) is 0 Å². The smallest absolute Gasteiger partial charge is 0.243 e. The van der Waals surface area contributed by atoms with E-state index in [1.165, 1.54) is 0 Å². The molecule has 164 valence electrons. The molecule has 0 saturated carbocycles. The topological polar surface area (TPSA) is 66.5 Å². The van der Waals surface area contributed by atoms with E-state index >= 15 is 0 Å². The summed E-state index contributed by atoms with van der Waals surface area (Å²) in [6.07, 6.45) is 1.42. The van der Waals surface area contributed by atoms with E-state index in [9.17, 15) is 13.2 Å². The summed E-state index contributed by atoms with van der Waals surface area (Å²) in [6, 6.07) is 11.0. The first-order valence-corrected chi connectivity index (χ1v) is 13.3. The second-order valence-corrected chi connectivity index (χ2v) is 10.8. The highest BCUT2D eigenvalue weighted by Gasteiger charge is 2.31. The average molecular weight is 510 g/mol. The van der Waals surface area contributed by atoms with E-state index in [0.29, 0.717) is 39.5 Å². The molecule has 0 aromatic heterocycles. The zero-order valence-corrected chi connectivity index (χ0v) is 20.5. The lowest BCUT2D eigenvalue weighted by atomic mass is 10.2. The molecule has 1 atom stereocenters. The Kier molecular flexibility index (Phi) is 9.63. The molecular formula is C20H23Cl3N2O3S2. The molecule has 0 heterocycles. The van der Waals surface area contributed by atoms with Crippen molar-refractivity contribution >= 4 is 68.2 Å². The molecular weight excluding hydrogens is 487 g/mol. The lowest BCUT2D eigenvalue weighted by molar-refractivity contribution is -0.122. The molecule has 5 nitrogen and oxygen atoms in total. The molecule has 0 spiro atoms. The first-order chi connectivity index (χ1) is 14.1. The van der Waals surface area contributed by atoms with Crippen molar-refractivity contribution in [3.8, 4) is 0 Å². The lowest BCUT2D eigenvalue weighted by Crippen LogP contribution is -2.49. The molecule has 0 aliphatic carbocycles. The lowest BCUT2D eigenvalue weighted by Gasteiger charge is -2.30. The third-order valence-electron chi connectivity index (χ3n) is 4.21. The summed E-state index contributed by atoms with van der Waals surface area (Å²) < 4.78 is 25.9. The Hall–Kier alpha value is -1.12. The van der Waals surface area contributed by atoms with Gasteiger partial charge < -0.3 is 5.32 Å². The van der Waals surface area contributed by atoms with Gasteiger partial charge >= 0.3 is 0 Å². The number of nitrogens with zero attached hydrogens (tertiary/aromatic N) is 1. The molecule has 1 amide bonds. The van der Waals surface area contributed by atoms with E-state index < -0.39 is 16.1 Å². The molecule has 0 saturated heterocycles. The number of rotatable bonds is 10. The number of halogens is 3. The maximum Gasteiger partial charge on any atom is 0.243 e. The fourth-order valence-corrected chi connectivity index (χ4v) is 5.30.